The number of hydrogen-bond donors (Lipinski definition) is 1. The molecule has 1 N–H and O–H groups in total. The van der Waals surface area contributed by atoms with Crippen LogP contribution in [-0.4, -0.2) is 61.3 Å². The summed E-state index contributed by atoms with van der Waals surface area (Å²) in [4.78, 5) is 27.4. The van der Waals surface area contributed by atoms with Gasteiger partial charge in [-0.3, -0.25) is 14.5 Å². The highest BCUT2D eigenvalue weighted by Gasteiger charge is 2.34. The molecule has 0 bridgehead atoms. The van der Waals surface area contributed by atoms with E-state index in [0.717, 1.165) is 11.3 Å². The number of benzene rings is 2. The fourth-order valence-corrected chi connectivity index (χ4v) is 3.75. The number of amides is 2. The highest BCUT2D eigenvalue weighted by Crippen LogP contribution is 2.31. The van der Waals surface area contributed by atoms with Gasteiger partial charge < -0.3 is 9.84 Å². The van der Waals surface area contributed by atoms with Crippen LogP contribution in [0.1, 0.15) is 52.9 Å². The van der Waals surface area contributed by atoms with E-state index in [1.165, 1.54) is 9.70 Å². The second kappa shape index (κ2) is 9.11. The van der Waals surface area contributed by atoms with Crippen LogP contribution >= 0.6 is 0 Å². The zero-order chi connectivity index (χ0) is 23.6. The summed E-state index contributed by atoms with van der Waals surface area (Å²) >= 11 is 0. The lowest BCUT2D eigenvalue weighted by Crippen LogP contribution is -2.32. The Hall–Kier alpha value is -3.59. The van der Waals surface area contributed by atoms with Crippen LogP contribution in [0.2, 0.25) is 0 Å². The molecule has 1 unspecified atom stereocenters. The molecule has 1 aliphatic rings. The lowest BCUT2D eigenvalue weighted by molar-refractivity contribution is 0.0655. The Morgan fingerprint density at radius 2 is 1.64 bits per heavy atom. The molecule has 33 heavy (non-hydrogen) atoms. The first-order valence-corrected chi connectivity index (χ1v) is 10.9. The molecular weight excluding hydrogens is 422 g/mol. The van der Waals surface area contributed by atoms with Crippen molar-refractivity contribution >= 4 is 11.8 Å². The van der Waals surface area contributed by atoms with Crippen LogP contribution in [-0.2, 0) is 18.4 Å². The van der Waals surface area contributed by atoms with Crippen molar-refractivity contribution in [2.45, 2.75) is 45.3 Å². The van der Waals surface area contributed by atoms with Gasteiger partial charge in [0.25, 0.3) is 11.8 Å². The second-order valence-electron chi connectivity index (χ2n) is 9.03. The van der Waals surface area contributed by atoms with Crippen molar-refractivity contribution in [1.82, 2.24) is 25.1 Å². The Balaban J connectivity index is 1.30. The van der Waals surface area contributed by atoms with Crippen LogP contribution < -0.4 is 4.74 Å². The van der Waals surface area contributed by atoms with Crippen LogP contribution in [0.4, 0.5) is 0 Å². The molecule has 0 aliphatic carbocycles. The highest BCUT2D eigenvalue weighted by atomic mass is 16.5. The highest BCUT2D eigenvalue weighted by molar-refractivity contribution is 6.21. The SMILES string of the molecule is CC(C)(C)c1ccccc1OCC(O)Cn1nnc(CCN2C(=O)c3ccccc3C2=O)n1. The first-order chi connectivity index (χ1) is 15.7. The van der Waals surface area contributed by atoms with Gasteiger partial charge in [-0.1, -0.05) is 51.1 Å². The normalized spacial score (nSPS) is 14.5. The third-order valence-corrected chi connectivity index (χ3v) is 5.43. The number of aliphatic hydroxyl groups excluding tert-OH is 1. The Morgan fingerprint density at radius 1 is 1.00 bits per heavy atom. The minimum atomic E-state index is -0.837. The largest absolute Gasteiger partial charge is 0.491 e. The van der Waals surface area contributed by atoms with Crippen molar-refractivity contribution in [3.05, 3.63) is 71.0 Å². The van der Waals surface area contributed by atoms with E-state index in [4.69, 9.17) is 4.74 Å². The van der Waals surface area contributed by atoms with Crippen LogP contribution in [0.5, 0.6) is 5.75 Å². The molecule has 172 valence electrons. The van der Waals surface area contributed by atoms with E-state index in [-0.39, 0.29) is 43.3 Å². The van der Waals surface area contributed by atoms with E-state index < -0.39 is 6.10 Å². The van der Waals surface area contributed by atoms with Crippen molar-refractivity contribution in [1.29, 1.82) is 0 Å². The topological polar surface area (TPSA) is 110 Å². The van der Waals surface area contributed by atoms with Crippen LogP contribution in [0, 0.1) is 0 Å². The number of hydrogen-bond acceptors (Lipinski definition) is 7. The van der Waals surface area contributed by atoms with Gasteiger partial charge in [0.1, 0.15) is 18.5 Å². The average Bonchev–Trinajstić information content (AvgIpc) is 3.33. The van der Waals surface area contributed by atoms with Crippen LogP contribution in [0.15, 0.2) is 48.5 Å². The summed E-state index contributed by atoms with van der Waals surface area (Å²) in [6, 6.07) is 14.5. The van der Waals surface area contributed by atoms with E-state index in [9.17, 15) is 14.7 Å². The molecule has 2 aromatic carbocycles. The van der Waals surface area contributed by atoms with Crippen molar-refractivity contribution in [2.24, 2.45) is 0 Å². The lowest BCUT2D eigenvalue weighted by Gasteiger charge is -2.23. The van der Waals surface area contributed by atoms with Gasteiger partial charge in [0, 0.05) is 13.0 Å². The van der Waals surface area contributed by atoms with Crippen LogP contribution in [0.3, 0.4) is 0 Å². The number of aromatic nitrogens is 4. The van der Waals surface area contributed by atoms with E-state index in [1.54, 1.807) is 24.3 Å². The molecule has 1 atom stereocenters. The number of ether oxygens (including phenoxy) is 1. The molecule has 9 nitrogen and oxygen atoms in total. The fourth-order valence-electron chi connectivity index (χ4n) is 3.75. The molecule has 3 aromatic rings. The van der Waals surface area contributed by atoms with Crippen molar-refractivity contribution < 1.29 is 19.4 Å². The predicted molar refractivity (Wildman–Crippen MR) is 120 cm³/mol. The predicted octanol–water partition coefficient (Wildman–Crippen LogP) is 2.25. The van der Waals surface area contributed by atoms with Gasteiger partial charge in [0.05, 0.1) is 17.7 Å². The summed E-state index contributed by atoms with van der Waals surface area (Å²) in [5, 5.41) is 22.6. The van der Waals surface area contributed by atoms with Gasteiger partial charge in [-0.15, -0.1) is 10.2 Å². The van der Waals surface area contributed by atoms with Gasteiger partial charge >= 0.3 is 0 Å². The van der Waals surface area contributed by atoms with E-state index in [0.29, 0.717) is 17.0 Å². The molecule has 2 heterocycles. The first kappa shape index (κ1) is 22.6. The van der Waals surface area contributed by atoms with Crippen molar-refractivity contribution in [2.75, 3.05) is 13.2 Å². The number of aliphatic hydroxyl groups is 1. The monoisotopic (exact) mass is 449 g/mol. The first-order valence-electron chi connectivity index (χ1n) is 10.9. The van der Waals surface area contributed by atoms with Gasteiger partial charge in [-0.25, -0.2) is 0 Å². The number of nitrogens with zero attached hydrogens (tertiary/aromatic N) is 5. The maximum atomic E-state index is 12.5. The zero-order valence-electron chi connectivity index (χ0n) is 18.9. The van der Waals surface area contributed by atoms with Gasteiger partial charge in [-0.2, -0.15) is 4.80 Å². The average molecular weight is 450 g/mol. The maximum absolute atomic E-state index is 12.5. The van der Waals surface area contributed by atoms with E-state index in [2.05, 4.69) is 36.2 Å². The van der Waals surface area contributed by atoms with E-state index in [1.807, 2.05) is 24.3 Å². The maximum Gasteiger partial charge on any atom is 0.261 e. The number of carbonyl (C=O) groups is 2. The third kappa shape index (κ3) is 4.93. The number of rotatable bonds is 8. The standard InChI is InChI=1S/C24H27N5O4/c1-24(2,3)19-10-6-7-11-20(19)33-15-16(30)14-29-26-21(25-27-29)12-13-28-22(31)17-8-4-5-9-18(17)23(28)32/h4-11,16,30H,12-15H2,1-3H3. The number of carbonyl (C=O) groups excluding carboxylic acids is 2. The minimum Gasteiger partial charge on any atom is -0.491 e. The molecule has 1 aliphatic heterocycles. The number of para-hydroxylation sites is 1. The van der Waals surface area contributed by atoms with Crippen LogP contribution in [0.25, 0.3) is 0 Å². The Labute approximate surface area is 192 Å². The summed E-state index contributed by atoms with van der Waals surface area (Å²) in [5.41, 5.74) is 1.81. The molecule has 9 heteroatoms. The number of imide groups is 1. The fraction of sp³-hybridized carbons (Fsp3) is 0.375. The lowest BCUT2D eigenvalue weighted by atomic mass is 9.86. The summed E-state index contributed by atoms with van der Waals surface area (Å²) in [5.74, 6) is 0.493. The number of tetrazole rings is 1. The molecule has 0 spiro atoms. The Morgan fingerprint density at radius 3 is 2.30 bits per heavy atom. The molecule has 0 fully saturated rings. The second-order valence-corrected chi connectivity index (χ2v) is 9.03. The molecule has 4 rings (SSSR count). The Bertz CT molecular complexity index is 1130. The number of fused-ring (bicyclic) bond motifs is 1. The quantitative estimate of drug-likeness (QED) is 0.525. The summed E-state index contributed by atoms with van der Waals surface area (Å²) in [6.45, 7) is 6.67. The van der Waals surface area contributed by atoms with Gasteiger partial charge in [0.2, 0.25) is 0 Å². The smallest absolute Gasteiger partial charge is 0.261 e. The summed E-state index contributed by atoms with van der Waals surface area (Å²) < 4.78 is 5.85. The van der Waals surface area contributed by atoms with Crippen molar-refractivity contribution in [3.8, 4) is 5.75 Å². The molecule has 2 amide bonds. The molecule has 1 aromatic heterocycles. The van der Waals surface area contributed by atoms with Gasteiger partial charge in [-0.05, 0) is 34.4 Å². The van der Waals surface area contributed by atoms with E-state index >= 15 is 0 Å². The third-order valence-electron chi connectivity index (χ3n) is 5.43. The molecule has 0 radical (unpaired) electrons. The van der Waals surface area contributed by atoms with Gasteiger partial charge in [0.15, 0.2) is 5.82 Å². The Kier molecular flexibility index (Phi) is 6.24. The molecular formula is C24H27N5O4. The zero-order valence-corrected chi connectivity index (χ0v) is 18.9. The molecule has 0 saturated carbocycles. The van der Waals surface area contributed by atoms with Crippen molar-refractivity contribution in [3.63, 3.8) is 0 Å². The molecule has 0 saturated heterocycles. The summed E-state index contributed by atoms with van der Waals surface area (Å²) in [7, 11) is 0. The minimum absolute atomic E-state index is 0.0800. The summed E-state index contributed by atoms with van der Waals surface area (Å²) in [6.07, 6.45) is -0.562.